The Morgan fingerprint density at radius 3 is 1.98 bits per heavy atom. The molecule has 0 bridgehead atoms. The summed E-state index contributed by atoms with van der Waals surface area (Å²) in [6.45, 7) is -1.57. The highest BCUT2D eigenvalue weighted by Gasteiger charge is 2.52. The minimum atomic E-state index is -1.91. The number of aromatic hydroxyl groups is 2. The van der Waals surface area contributed by atoms with E-state index >= 15 is 0 Å². The summed E-state index contributed by atoms with van der Waals surface area (Å²) in [4.78, 5) is 26.3. The number of rotatable bonds is 12. The summed E-state index contributed by atoms with van der Waals surface area (Å²) in [6, 6.07) is 10.8. The van der Waals surface area contributed by atoms with Crippen LogP contribution in [0.4, 0.5) is 0 Å². The average molecular weight is 813 g/mol. The maximum absolute atomic E-state index is 13.7. The largest absolute Gasteiger partial charge is 0.507 e. The van der Waals surface area contributed by atoms with Crippen molar-refractivity contribution in [3.8, 4) is 34.5 Å². The number of carbonyl (C=O) groups excluding carboxylic acids is 2. The van der Waals surface area contributed by atoms with Crippen LogP contribution in [0.3, 0.4) is 0 Å². The number of phenolic OH excluding ortho intramolecular Hbond substituents is 2. The first-order valence-electron chi connectivity index (χ1n) is 18.0. The van der Waals surface area contributed by atoms with Crippen LogP contribution in [0.5, 0.6) is 34.5 Å². The van der Waals surface area contributed by atoms with Crippen LogP contribution in [0.15, 0.2) is 54.6 Å². The van der Waals surface area contributed by atoms with Crippen LogP contribution in [0.25, 0.3) is 11.6 Å². The van der Waals surface area contributed by atoms with Gasteiger partial charge in [0.05, 0.1) is 45.7 Å². The van der Waals surface area contributed by atoms with Gasteiger partial charge >= 0.3 is 5.97 Å². The molecule has 2 heterocycles. The van der Waals surface area contributed by atoms with Gasteiger partial charge in [0.25, 0.3) is 0 Å². The highest BCUT2D eigenvalue weighted by molar-refractivity contribution is 6.14. The Hall–Kier alpha value is -5.12. The summed E-state index contributed by atoms with van der Waals surface area (Å²) in [5.41, 5.74) is 1.61. The number of ether oxygens (including phenoxy) is 7. The molecule has 3 aliphatic rings. The standard InChI is InChI=1S/C40H44O18/c1-52-23-14-20-12-19(18-5-7-21(8-6-18)55-28(44)9-4-17-10-24(53-2)31(45)25(11-17)54-3)13-22(43)29(20)34(48)30(23)38-39(36(50)33(47)26(15-41)56-38)58-40-37(51)35(49)32(46)27(16-42)57-40/h4-11,13-14,26-27,32-33,35-42,45-51H,12,15-16H2,1-3H3. The Labute approximate surface area is 330 Å². The van der Waals surface area contributed by atoms with E-state index in [1.807, 2.05) is 0 Å². The van der Waals surface area contributed by atoms with Crippen molar-refractivity contribution in [1.29, 1.82) is 0 Å². The fourth-order valence-electron chi connectivity index (χ4n) is 7.11. The molecule has 18 heteroatoms. The molecule has 0 aromatic heterocycles. The smallest absolute Gasteiger partial charge is 0.336 e. The Morgan fingerprint density at radius 1 is 0.776 bits per heavy atom. The monoisotopic (exact) mass is 812 g/mol. The number of hydrogen-bond donors (Lipinski definition) is 9. The van der Waals surface area contributed by atoms with Crippen molar-refractivity contribution in [3.05, 3.63) is 82.4 Å². The van der Waals surface area contributed by atoms with E-state index in [2.05, 4.69) is 0 Å². The van der Waals surface area contributed by atoms with Crippen molar-refractivity contribution < 1.29 is 88.7 Å². The molecule has 0 amide bonds. The third-order valence-corrected chi connectivity index (χ3v) is 10.2. The number of esters is 1. The lowest BCUT2D eigenvalue weighted by Crippen LogP contribution is -2.62. The van der Waals surface area contributed by atoms with Gasteiger partial charge in [0, 0.05) is 6.08 Å². The molecule has 2 saturated heterocycles. The second-order valence-electron chi connectivity index (χ2n) is 13.7. The molecule has 10 unspecified atom stereocenters. The third kappa shape index (κ3) is 8.25. The predicted molar refractivity (Wildman–Crippen MR) is 198 cm³/mol. The van der Waals surface area contributed by atoms with Crippen LogP contribution in [0.2, 0.25) is 0 Å². The molecule has 9 N–H and O–H groups in total. The summed E-state index contributed by atoms with van der Waals surface area (Å²) in [5, 5.41) is 94.6. The normalized spacial score (nSPS) is 28.4. The molecule has 0 spiro atoms. The molecule has 3 aromatic carbocycles. The lowest BCUT2D eigenvalue weighted by Gasteiger charge is -2.46. The van der Waals surface area contributed by atoms with Crippen molar-refractivity contribution in [3.63, 3.8) is 0 Å². The number of methoxy groups -OCH3 is 3. The van der Waals surface area contributed by atoms with Gasteiger partial charge in [0.1, 0.15) is 72.2 Å². The maximum atomic E-state index is 13.7. The number of fused-ring (bicyclic) bond motifs is 1. The number of phenols is 2. The first-order valence-corrected chi connectivity index (χ1v) is 18.0. The molecule has 312 valence electrons. The molecular formula is C40H44O18. The Morgan fingerprint density at radius 2 is 1.38 bits per heavy atom. The third-order valence-electron chi connectivity index (χ3n) is 10.2. The first kappa shape index (κ1) is 42.5. The molecule has 6 rings (SSSR count). The van der Waals surface area contributed by atoms with Gasteiger partial charge in [-0.3, -0.25) is 4.79 Å². The number of ketones is 1. The van der Waals surface area contributed by atoms with E-state index in [0.717, 1.165) is 0 Å². The van der Waals surface area contributed by atoms with Crippen molar-refractivity contribution in [2.75, 3.05) is 34.5 Å². The minimum Gasteiger partial charge on any atom is -0.507 e. The van der Waals surface area contributed by atoms with Crippen molar-refractivity contribution in [1.82, 2.24) is 0 Å². The van der Waals surface area contributed by atoms with E-state index in [1.165, 1.54) is 69.9 Å². The average Bonchev–Trinajstić information content (AvgIpc) is 3.22. The van der Waals surface area contributed by atoms with Crippen LogP contribution in [-0.2, 0) is 25.4 Å². The zero-order valence-electron chi connectivity index (χ0n) is 31.4. The van der Waals surface area contributed by atoms with Gasteiger partial charge in [-0.1, -0.05) is 12.1 Å². The molecule has 2 fully saturated rings. The SMILES string of the molecule is COc1cc(C=CC(=O)Oc2ccc(C3=CC(=O)c4c(cc(OC)c(C5OC(CO)C(O)C(O)C5OC5OC(CO)C(O)C(O)C5O)c4O)C3)cc2)cc(OC)c1O. The Kier molecular flexibility index (Phi) is 13.0. The summed E-state index contributed by atoms with van der Waals surface area (Å²) >= 11 is 0. The zero-order valence-corrected chi connectivity index (χ0v) is 31.4. The van der Waals surface area contributed by atoms with Crippen molar-refractivity contribution in [2.24, 2.45) is 0 Å². The number of benzene rings is 3. The van der Waals surface area contributed by atoms with Gasteiger partial charge < -0.3 is 79.1 Å². The summed E-state index contributed by atoms with van der Waals surface area (Å²) in [5.74, 6) is -1.67. The van der Waals surface area contributed by atoms with E-state index in [-0.39, 0.29) is 46.3 Å². The highest BCUT2D eigenvalue weighted by Crippen LogP contribution is 2.48. The lowest BCUT2D eigenvalue weighted by molar-refractivity contribution is -0.342. The summed E-state index contributed by atoms with van der Waals surface area (Å²) < 4.78 is 38.5. The number of allylic oxidation sites excluding steroid dienone is 2. The summed E-state index contributed by atoms with van der Waals surface area (Å²) in [7, 11) is 4.02. The van der Waals surface area contributed by atoms with Gasteiger partial charge in [0.15, 0.2) is 23.6 Å². The van der Waals surface area contributed by atoms with Crippen LogP contribution in [0, 0.1) is 0 Å². The molecule has 0 saturated carbocycles. The number of carbonyl (C=O) groups is 2. The van der Waals surface area contributed by atoms with E-state index in [9.17, 15) is 55.5 Å². The van der Waals surface area contributed by atoms with Gasteiger partial charge in [0.2, 0.25) is 5.75 Å². The van der Waals surface area contributed by atoms with E-state index in [1.54, 1.807) is 12.1 Å². The number of aliphatic hydroxyl groups is 7. The van der Waals surface area contributed by atoms with Gasteiger partial charge in [-0.2, -0.15) is 0 Å². The molecule has 58 heavy (non-hydrogen) atoms. The van der Waals surface area contributed by atoms with Crippen LogP contribution < -0.4 is 18.9 Å². The van der Waals surface area contributed by atoms with Crippen LogP contribution in [0.1, 0.15) is 38.7 Å². The van der Waals surface area contributed by atoms with E-state index < -0.39 is 91.9 Å². The molecular weight excluding hydrogens is 768 g/mol. The van der Waals surface area contributed by atoms with Crippen molar-refractivity contribution >= 4 is 23.4 Å². The second kappa shape index (κ2) is 17.8. The molecule has 2 aliphatic heterocycles. The predicted octanol–water partition coefficient (Wildman–Crippen LogP) is -0.0961. The maximum Gasteiger partial charge on any atom is 0.336 e. The fraction of sp³-hybridized carbons (Fsp3) is 0.400. The van der Waals surface area contributed by atoms with Crippen LogP contribution in [-0.4, -0.2) is 147 Å². The topological polar surface area (TPSA) is 281 Å². The van der Waals surface area contributed by atoms with Gasteiger partial charge in [-0.25, -0.2) is 4.79 Å². The molecule has 18 nitrogen and oxygen atoms in total. The summed E-state index contributed by atoms with van der Waals surface area (Å²) in [6.07, 6.45) is -13.0. The van der Waals surface area contributed by atoms with Gasteiger partial charge in [-0.15, -0.1) is 0 Å². The fourth-order valence-corrected chi connectivity index (χ4v) is 7.11. The lowest BCUT2D eigenvalue weighted by atomic mass is 9.82. The van der Waals surface area contributed by atoms with Crippen LogP contribution >= 0.6 is 0 Å². The first-order chi connectivity index (χ1) is 27.7. The molecule has 1 aliphatic carbocycles. The van der Waals surface area contributed by atoms with Crippen molar-refractivity contribution in [2.45, 2.75) is 67.6 Å². The Balaban J connectivity index is 1.23. The quantitative estimate of drug-likeness (QED) is 0.0656. The van der Waals surface area contributed by atoms with E-state index in [0.29, 0.717) is 22.3 Å². The Bertz CT molecular complexity index is 2020. The number of aliphatic hydroxyl groups excluding tert-OH is 7. The molecule has 3 aromatic rings. The molecule has 10 atom stereocenters. The number of hydrogen-bond acceptors (Lipinski definition) is 18. The minimum absolute atomic E-state index is 0.0440. The van der Waals surface area contributed by atoms with E-state index in [4.69, 9.17) is 33.2 Å². The molecule has 0 radical (unpaired) electrons. The second-order valence-corrected chi connectivity index (χ2v) is 13.7. The highest BCUT2D eigenvalue weighted by atomic mass is 16.7. The van der Waals surface area contributed by atoms with Gasteiger partial charge in [-0.05, 0) is 71.2 Å². The zero-order chi connectivity index (χ0) is 42.0.